The van der Waals surface area contributed by atoms with Crippen molar-refractivity contribution in [2.75, 3.05) is 5.73 Å². The summed E-state index contributed by atoms with van der Waals surface area (Å²) < 4.78 is 0. The van der Waals surface area contributed by atoms with Crippen LogP contribution in [0.2, 0.25) is 0 Å². The molecule has 0 aromatic heterocycles. The van der Waals surface area contributed by atoms with E-state index in [2.05, 4.69) is 6.07 Å². The SMILES string of the molecule is CC[C@](C#N)(c1ccccc1)c1ccc(N)cc1. The van der Waals surface area contributed by atoms with Gasteiger partial charge in [0, 0.05) is 5.69 Å². The highest BCUT2D eigenvalue weighted by Crippen LogP contribution is 2.35. The van der Waals surface area contributed by atoms with E-state index in [0.717, 1.165) is 23.2 Å². The van der Waals surface area contributed by atoms with E-state index in [0.29, 0.717) is 0 Å². The third-order valence-corrected chi connectivity index (χ3v) is 3.39. The number of nitrogen functional groups attached to an aromatic ring is 1. The zero-order valence-electron chi connectivity index (χ0n) is 10.4. The lowest BCUT2D eigenvalue weighted by molar-refractivity contribution is 0.632. The van der Waals surface area contributed by atoms with Crippen LogP contribution in [-0.2, 0) is 5.41 Å². The minimum absolute atomic E-state index is 0.588. The molecule has 0 aliphatic carbocycles. The summed E-state index contributed by atoms with van der Waals surface area (Å²) in [5, 5.41) is 9.67. The monoisotopic (exact) mass is 236 g/mol. The summed E-state index contributed by atoms with van der Waals surface area (Å²) in [6.07, 6.45) is 0.734. The minimum Gasteiger partial charge on any atom is -0.399 e. The summed E-state index contributed by atoms with van der Waals surface area (Å²) in [5.74, 6) is 0. The van der Waals surface area contributed by atoms with Gasteiger partial charge >= 0.3 is 0 Å². The summed E-state index contributed by atoms with van der Waals surface area (Å²) >= 11 is 0. The second-order valence-electron chi connectivity index (χ2n) is 4.36. The average Bonchev–Trinajstić information content (AvgIpc) is 2.44. The second kappa shape index (κ2) is 4.93. The van der Waals surface area contributed by atoms with Crippen LogP contribution in [0.1, 0.15) is 24.5 Å². The van der Waals surface area contributed by atoms with Crippen molar-refractivity contribution in [3.8, 4) is 6.07 Å². The van der Waals surface area contributed by atoms with Gasteiger partial charge in [-0.25, -0.2) is 0 Å². The highest BCUT2D eigenvalue weighted by Gasteiger charge is 2.32. The van der Waals surface area contributed by atoms with Crippen molar-refractivity contribution in [2.45, 2.75) is 18.8 Å². The fraction of sp³-hybridized carbons (Fsp3) is 0.188. The van der Waals surface area contributed by atoms with E-state index < -0.39 is 5.41 Å². The first-order valence-corrected chi connectivity index (χ1v) is 6.05. The summed E-state index contributed by atoms with van der Waals surface area (Å²) in [7, 11) is 0. The second-order valence-corrected chi connectivity index (χ2v) is 4.36. The van der Waals surface area contributed by atoms with Crippen molar-refractivity contribution in [3.05, 3.63) is 65.7 Å². The average molecular weight is 236 g/mol. The van der Waals surface area contributed by atoms with Crippen molar-refractivity contribution >= 4 is 5.69 Å². The molecule has 2 aromatic carbocycles. The molecule has 2 N–H and O–H groups in total. The molecule has 2 rings (SSSR count). The number of benzene rings is 2. The Balaban J connectivity index is 2.58. The molecule has 0 saturated carbocycles. The molecular formula is C16H16N2. The van der Waals surface area contributed by atoms with Crippen LogP contribution in [0.3, 0.4) is 0 Å². The molecular weight excluding hydrogens is 220 g/mol. The van der Waals surface area contributed by atoms with E-state index >= 15 is 0 Å². The first kappa shape index (κ1) is 12.2. The highest BCUT2D eigenvalue weighted by molar-refractivity contribution is 5.49. The van der Waals surface area contributed by atoms with E-state index in [9.17, 15) is 5.26 Å². The van der Waals surface area contributed by atoms with Crippen LogP contribution in [0.25, 0.3) is 0 Å². The number of rotatable bonds is 3. The Hall–Kier alpha value is -2.27. The molecule has 2 aromatic rings. The van der Waals surface area contributed by atoms with Crippen molar-refractivity contribution in [2.24, 2.45) is 0 Å². The fourth-order valence-electron chi connectivity index (χ4n) is 2.27. The number of nitriles is 1. The first-order valence-electron chi connectivity index (χ1n) is 6.05. The first-order chi connectivity index (χ1) is 8.73. The summed E-state index contributed by atoms with van der Waals surface area (Å²) in [4.78, 5) is 0. The summed E-state index contributed by atoms with van der Waals surface area (Å²) in [6, 6.07) is 20.0. The summed E-state index contributed by atoms with van der Waals surface area (Å²) in [5.41, 5.74) is 7.86. The van der Waals surface area contributed by atoms with Crippen LogP contribution in [0.15, 0.2) is 54.6 Å². The molecule has 18 heavy (non-hydrogen) atoms. The van der Waals surface area contributed by atoms with Gasteiger partial charge in [-0.15, -0.1) is 0 Å². The topological polar surface area (TPSA) is 49.8 Å². The Morgan fingerprint density at radius 1 is 1.00 bits per heavy atom. The molecule has 0 aliphatic rings. The smallest absolute Gasteiger partial charge is 0.107 e. The summed E-state index contributed by atoms with van der Waals surface area (Å²) in [6.45, 7) is 2.03. The molecule has 0 radical (unpaired) electrons. The van der Waals surface area contributed by atoms with E-state index in [1.807, 2.05) is 61.5 Å². The van der Waals surface area contributed by atoms with Gasteiger partial charge < -0.3 is 5.73 Å². The Kier molecular flexibility index (Phi) is 3.34. The number of nitrogens with zero attached hydrogens (tertiary/aromatic N) is 1. The van der Waals surface area contributed by atoms with Gasteiger partial charge in [-0.1, -0.05) is 49.4 Å². The lowest BCUT2D eigenvalue weighted by Gasteiger charge is -2.26. The maximum atomic E-state index is 9.67. The molecule has 0 saturated heterocycles. The largest absolute Gasteiger partial charge is 0.399 e. The van der Waals surface area contributed by atoms with E-state index in [4.69, 9.17) is 5.73 Å². The van der Waals surface area contributed by atoms with Crippen LogP contribution in [-0.4, -0.2) is 0 Å². The fourth-order valence-corrected chi connectivity index (χ4v) is 2.27. The Labute approximate surface area is 108 Å². The number of hydrogen-bond acceptors (Lipinski definition) is 2. The van der Waals surface area contributed by atoms with Crippen molar-refractivity contribution in [3.63, 3.8) is 0 Å². The van der Waals surface area contributed by atoms with Gasteiger partial charge in [-0.05, 0) is 29.7 Å². The predicted molar refractivity (Wildman–Crippen MR) is 74.0 cm³/mol. The van der Waals surface area contributed by atoms with Gasteiger partial charge in [0.2, 0.25) is 0 Å². The predicted octanol–water partition coefficient (Wildman–Crippen LogP) is 3.49. The van der Waals surface area contributed by atoms with Gasteiger partial charge in [0.1, 0.15) is 5.41 Å². The molecule has 1 atom stereocenters. The molecule has 2 heteroatoms. The van der Waals surface area contributed by atoms with Crippen LogP contribution in [0.4, 0.5) is 5.69 Å². The zero-order chi connectivity index (χ0) is 13.0. The molecule has 0 amide bonds. The van der Waals surface area contributed by atoms with Crippen molar-refractivity contribution < 1.29 is 0 Å². The van der Waals surface area contributed by atoms with E-state index in [-0.39, 0.29) is 0 Å². The zero-order valence-corrected chi connectivity index (χ0v) is 10.4. The lowest BCUT2D eigenvalue weighted by Crippen LogP contribution is -2.24. The third-order valence-electron chi connectivity index (χ3n) is 3.39. The molecule has 2 nitrogen and oxygen atoms in total. The number of anilines is 1. The molecule has 0 heterocycles. The molecule has 90 valence electrons. The molecule has 0 bridgehead atoms. The van der Waals surface area contributed by atoms with Crippen LogP contribution >= 0.6 is 0 Å². The highest BCUT2D eigenvalue weighted by atomic mass is 14.5. The lowest BCUT2D eigenvalue weighted by atomic mass is 9.74. The molecule has 0 fully saturated rings. The van der Waals surface area contributed by atoms with Crippen molar-refractivity contribution in [1.29, 1.82) is 5.26 Å². The Morgan fingerprint density at radius 3 is 2.06 bits per heavy atom. The molecule has 0 spiro atoms. The van der Waals surface area contributed by atoms with Gasteiger partial charge in [-0.3, -0.25) is 0 Å². The third kappa shape index (κ3) is 1.96. The number of nitrogens with two attached hydrogens (primary N) is 1. The van der Waals surface area contributed by atoms with Crippen LogP contribution in [0.5, 0.6) is 0 Å². The van der Waals surface area contributed by atoms with Gasteiger partial charge in [0.05, 0.1) is 6.07 Å². The van der Waals surface area contributed by atoms with E-state index in [1.165, 1.54) is 0 Å². The maximum Gasteiger partial charge on any atom is 0.107 e. The van der Waals surface area contributed by atoms with Gasteiger partial charge in [-0.2, -0.15) is 5.26 Å². The van der Waals surface area contributed by atoms with Gasteiger partial charge in [0.25, 0.3) is 0 Å². The number of hydrogen-bond donors (Lipinski definition) is 1. The van der Waals surface area contributed by atoms with Crippen molar-refractivity contribution in [1.82, 2.24) is 0 Å². The van der Waals surface area contributed by atoms with Crippen LogP contribution < -0.4 is 5.73 Å². The molecule has 0 aliphatic heterocycles. The maximum absolute atomic E-state index is 9.67. The normalized spacial score (nSPS) is 13.6. The Morgan fingerprint density at radius 2 is 1.56 bits per heavy atom. The minimum atomic E-state index is -0.588. The van der Waals surface area contributed by atoms with Crippen LogP contribution in [0, 0.1) is 11.3 Å². The quantitative estimate of drug-likeness (QED) is 0.829. The Bertz CT molecular complexity index is 552. The van der Waals surface area contributed by atoms with E-state index in [1.54, 1.807) is 0 Å². The molecule has 0 unspecified atom stereocenters. The standard InChI is InChI=1S/C16H16N2/c1-2-16(12-17,13-6-4-3-5-7-13)14-8-10-15(18)11-9-14/h3-11H,2,18H2,1H3/t16-/m0/s1. The van der Waals surface area contributed by atoms with Gasteiger partial charge in [0.15, 0.2) is 0 Å².